The van der Waals surface area contributed by atoms with Crippen molar-refractivity contribution in [3.05, 3.63) is 57.9 Å². The van der Waals surface area contributed by atoms with Gasteiger partial charge in [-0.3, -0.25) is 9.59 Å². The number of benzene rings is 1. The highest BCUT2D eigenvalue weighted by atomic mass is 32.1. The molecule has 2 amide bonds. The van der Waals surface area contributed by atoms with Crippen LogP contribution in [0.3, 0.4) is 0 Å². The Bertz CT molecular complexity index is 865. The average Bonchev–Trinajstić information content (AvgIpc) is 3.17. The van der Waals surface area contributed by atoms with Crippen LogP contribution in [0.25, 0.3) is 5.57 Å². The van der Waals surface area contributed by atoms with E-state index in [1.807, 2.05) is 0 Å². The number of aliphatic hydroxyl groups excluding tert-OH is 1. The van der Waals surface area contributed by atoms with Gasteiger partial charge in [0.25, 0.3) is 11.8 Å². The van der Waals surface area contributed by atoms with Crippen molar-refractivity contribution in [2.75, 3.05) is 25.1 Å². The van der Waals surface area contributed by atoms with Crippen LogP contribution in [-0.4, -0.2) is 42.0 Å². The number of hydrogen-bond acceptors (Lipinski definition) is 5. The van der Waals surface area contributed by atoms with E-state index in [1.165, 1.54) is 16.2 Å². The third kappa shape index (κ3) is 2.94. The van der Waals surface area contributed by atoms with Gasteiger partial charge in [-0.05, 0) is 23.6 Å². The highest BCUT2D eigenvalue weighted by molar-refractivity contribution is 7.11. The van der Waals surface area contributed by atoms with Crippen LogP contribution in [0, 0.1) is 11.6 Å². The number of hydrogen-bond donors (Lipinski definition) is 1. The fourth-order valence-corrected chi connectivity index (χ4v) is 3.42. The van der Waals surface area contributed by atoms with E-state index in [2.05, 4.69) is 0 Å². The van der Waals surface area contributed by atoms with Crippen LogP contribution < -0.4 is 4.90 Å². The average molecular weight is 364 g/mol. The predicted octanol–water partition coefficient (Wildman–Crippen LogP) is 2.23. The first-order valence-corrected chi connectivity index (χ1v) is 8.27. The first-order chi connectivity index (χ1) is 12.0. The maximum Gasteiger partial charge on any atom is 0.282 e. The number of nitrogens with zero attached hydrogens (tertiary/aromatic N) is 2. The van der Waals surface area contributed by atoms with Crippen LogP contribution in [-0.2, 0) is 9.59 Å². The maximum absolute atomic E-state index is 14.1. The number of aliphatic hydroxyl groups is 1. The zero-order valence-corrected chi connectivity index (χ0v) is 14.0. The number of likely N-dealkylation sites (N-methyl/N-ethyl adjacent to an activating group) is 1. The molecule has 0 saturated heterocycles. The molecule has 0 atom stereocenters. The molecule has 1 aliphatic heterocycles. The molecule has 0 fully saturated rings. The summed E-state index contributed by atoms with van der Waals surface area (Å²) in [5.41, 5.74) is -0.277. The lowest BCUT2D eigenvalue weighted by molar-refractivity contribution is -0.120. The molecular weight excluding hydrogens is 350 g/mol. The molecular formula is C17H14F2N2O3S. The lowest BCUT2D eigenvalue weighted by Crippen LogP contribution is -2.35. The first-order valence-electron chi connectivity index (χ1n) is 7.39. The summed E-state index contributed by atoms with van der Waals surface area (Å²) in [5, 5.41) is 10.9. The van der Waals surface area contributed by atoms with Gasteiger partial charge in [-0.2, -0.15) is 0 Å². The summed E-state index contributed by atoms with van der Waals surface area (Å²) in [6.45, 7) is -0.115. The van der Waals surface area contributed by atoms with Crippen LogP contribution in [0.2, 0.25) is 0 Å². The molecule has 2 heterocycles. The van der Waals surface area contributed by atoms with Crippen molar-refractivity contribution in [2.24, 2.45) is 0 Å². The van der Waals surface area contributed by atoms with Crippen molar-refractivity contribution in [3.8, 4) is 0 Å². The summed E-state index contributed by atoms with van der Waals surface area (Å²) in [7, 11) is 1.55. The van der Waals surface area contributed by atoms with Gasteiger partial charge >= 0.3 is 0 Å². The Morgan fingerprint density at radius 1 is 1.20 bits per heavy atom. The molecule has 0 radical (unpaired) electrons. The molecule has 0 unspecified atom stereocenters. The second kappa shape index (κ2) is 6.73. The summed E-state index contributed by atoms with van der Waals surface area (Å²) in [4.78, 5) is 28.3. The van der Waals surface area contributed by atoms with Gasteiger partial charge in [0.2, 0.25) is 0 Å². The molecule has 0 spiro atoms. The molecule has 0 aliphatic carbocycles. The molecule has 8 heteroatoms. The molecule has 130 valence electrons. The van der Waals surface area contributed by atoms with Gasteiger partial charge in [0, 0.05) is 24.5 Å². The largest absolute Gasteiger partial charge is 0.395 e. The molecule has 3 rings (SSSR count). The second-order valence-electron chi connectivity index (χ2n) is 5.39. The SMILES string of the molecule is CN(CCO)C1=C(c2cccs2)C(=O)N(c2cc(F)ccc2F)C1=O. The van der Waals surface area contributed by atoms with Crippen LogP contribution >= 0.6 is 11.3 Å². The smallest absolute Gasteiger partial charge is 0.282 e. The molecule has 0 saturated carbocycles. The van der Waals surface area contributed by atoms with Crippen molar-refractivity contribution < 1.29 is 23.5 Å². The van der Waals surface area contributed by atoms with Gasteiger partial charge in [0.15, 0.2) is 0 Å². The molecule has 1 N–H and O–H groups in total. The Morgan fingerprint density at radius 2 is 1.96 bits per heavy atom. The third-order valence-corrected chi connectivity index (χ3v) is 4.68. The van der Waals surface area contributed by atoms with E-state index in [0.29, 0.717) is 9.78 Å². The number of amides is 2. The first kappa shape index (κ1) is 17.2. The van der Waals surface area contributed by atoms with Crippen molar-refractivity contribution >= 4 is 34.4 Å². The number of carbonyl (C=O) groups is 2. The van der Waals surface area contributed by atoms with E-state index in [4.69, 9.17) is 5.11 Å². The fourth-order valence-electron chi connectivity index (χ4n) is 2.65. The Balaban J connectivity index is 2.14. The number of rotatable bonds is 5. The molecule has 1 aliphatic rings. The Hall–Kier alpha value is -2.58. The summed E-state index contributed by atoms with van der Waals surface area (Å²) >= 11 is 1.26. The summed E-state index contributed by atoms with van der Waals surface area (Å²) in [6, 6.07) is 5.98. The van der Waals surface area contributed by atoms with Crippen LogP contribution in [0.4, 0.5) is 14.5 Å². The molecule has 25 heavy (non-hydrogen) atoms. The number of imide groups is 1. The van der Waals surface area contributed by atoms with Gasteiger partial charge in [0.1, 0.15) is 17.3 Å². The number of carbonyl (C=O) groups excluding carboxylic acids is 2. The monoisotopic (exact) mass is 364 g/mol. The van der Waals surface area contributed by atoms with E-state index in [9.17, 15) is 18.4 Å². The van der Waals surface area contributed by atoms with E-state index < -0.39 is 29.1 Å². The molecule has 1 aromatic carbocycles. The van der Waals surface area contributed by atoms with Crippen molar-refractivity contribution in [2.45, 2.75) is 0 Å². The minimum absolute atomic E-state index is 0.0464. The topological polar surface area (TPSA) is 60.9 Å². The van der Waals surface area contributed by atoms with Gasteiger partial charge < -0.3 is 10.0 Å². The van der Waals surface area contributed by atoms with Crippen LogP contribution in [0.5, 0.6) is 0 Å². The second-order valence-corrected chi connectivity index (χ2v) is 6.34. The van der Waals surface area contributed by atoms with Crippen molar-refractivity contribution in [3.63, 3.8) is 0 Å². The van der Waals surface area contributed by atoms with Crippen molar-refractivity contribution in [1.29, 1.82) is 0 Å². The Labute approximate surface area is 146 Å². The number of halogens is 2. The summed E-state index contributed by atoms with van der Waals surface area (Å²) < 4.78 is 27.7. The highest BCUT2D eigenvalue weighted by Gasteiger charge is 2.43. The summed E-state index contributed by atoms with van der Waals surface area (Å²) in [5.74, 6) is -3.11. The Morgan fingerprint density at radius 3 is 2.60 bits per heavy atom. The van der Waals surface area contributed by atoms with Crippen molar-refractivity contribution in [1.82, 2.24) is 4.90 Å². The van der Waals surface area contributed by atoms with Crippen LogP contribution in [0.1, 0.15) is 4.88 Å². The molecule has 5 nitrogen and oxygen atoms in total. The minimum atomic E-state index is -0.875. The fraction of sp³-hybridized carbons (Fsp3) is 0.176. The lowest BCUT2D eigenvalue weighted by Gasteiger charge is -2.20. The van der Waals surface area contributed by atoms with Gasteiger partial charge in [0.05, 0.1) is 17.9 Å². The quantitative estimate of drug-likeness (QED) is 0.827. The minimum Gasteiger partial charge on any atom is -0.395 e. The van der Waals surface area contributed by atoms with E-state index in [0.717, 1.165) is 18.2 Å². The maximum atomic E-state index is 14.1. The normalized spacial score (nSPS) is 14.6. The van der Waals surface area contributed by atoms with Gasteiger partial charge in [-0.15, -0.1) is 11.3 Å². The number of thiophene rings is 1. The standard InChI is InChI=1S/C17H14F2N2O3S/c1-20(6-7-22)15-14(13-3-2-8-25-13)16(23)21(17(15)24)12-9-10(18)4-5-11(12)19/h2-5,8-9,22H,6-7H2,1H3. The zero-order valence-electron chi connectivity index (χ0n) is 13.2. The predicted molar refractivity (Wildman–Crippen MR) is 89.8 cm³/mol. The Kier molecular flexibility index (Phi) is 4.65. The lowest BCUT2D eigenvalue weighted by atomic mass is 10.2. The van der Waals surface area contributed by atoms with Gasteiger partial charge in [-0.1, -0.05) is 6.07 Å². The molecule has 1 aromatic heterocycles. The van der Waals surface area contributed by atoms with Crippen LogP contribution in [0.15, 0.2) is 41.4 Å². The highest BCUT2D eigenvalue weighted by Crippen LogP contribution is 2.37. The van der Waals surface area contributed by atoms with E-state index >= 15 is 0 Å². The number of anilines is 1. The molecule has 0 bridgehead atoms. The van der Waals surface area contributed by atoms with E-state index in [1.54, 1.807) is 24.6 Å². The zero-order chi connectivity index (χ0) is 18.1. The summed E-state index contributed by atoms with van der Waals surface area (Å²) in [6.07, 6.45) is 0. The van der Waals surface area contributed by atoms with Gasteiger partial charge in [-0.25, -0.2) is 13.7 Å². The van der Waals surface area contributed by atoms with E-state index in [-0.39, 0.29) is 24.4 Å². The molecule has 2 aromatic rings. The third-order valence-electron chi connectivity index (χ3n) is 3.79.